The molecule has 0 saturated carbocycles. The van der Waals surface area contributed by atoms with Crippen molar-refractivity contribution in [3.05, 3.63) is 62.1 Å². The number of anilines is 1. The van der Waals surface area contributed by atoms with Gasteiger partial charge in [0.2, 0.25) is 5.75 Å². The predicted octanol–water partition coefficient (Wildman–Crippen LogP) is 3.92. The van der Waals surface area contributed by atoms with Crippen LogP contribution in [0.2, 0.25) is 0 Å². The number of nitro groups is 1. The molecule has 0 aliphatic rings. The average Bonchev–Trinajstić information content (AvgIpc) is 2.65. The summed E-state index contributed by atoms with van der Waals surface area (Å²) in [5.41, 5.74) is 0.135. The maximum atomic E-state index is 12.4. The van der Waals surface area contributed by atoms with E-state index >= 15 is 0 Å². The molecule has 0 aliphatic carbocycles. The van der Waals surface area contributed by atoms with E-state index in [1.54, 1.807) is 30.3 Å². The van der Waals surface area contributed by atoms with Gasteiger partial charge in [0.15, 0.2) is 0 Å². The molecule has 0 spiro atoms. The Kier molecular flexibility index (Phi) is 6.51. The third-order valence-corrected chi connectivity index (χ3v) is 3.97. The van der Waals surface area contributed by atoms with Crippen molar-refractivity contribution in [1.29, 1.82) is 5.26 Å². The van der Waals surface area contributed by atoms with Crippen LogP contribution >= 0.6 is 15.9 Å². The van der Waals surface area contributed by atoms with Crippen molar-refractivity contribution in [3.8, 4) is 17.6 Å². The van der Waals surface area contributed by atoms with Crippen LogP contribution < -0.4 is 14.8 Å². The van der Waals surface area contributed by atoms with Crippen molar-refractivity contribution >= 4 is 39.3 Å². The number of carbonyl (C=O) groups is 1. The number of nitrogens with zero attached hydrogens (tertiary/aromatic N) is 2. The Morgan fingerprint density at radius 1 is 1.26 bits per heavy atom. The van der Waals surface area contributed by atoms with Gasteiger partial charge in [-0.15, -0.1) is 0 Å². The quantitative estimate of drug-likeness (QED) is 0.320. The fraction of sp³-hybridized carbons (Fsp3) is 0.111. The summed E-state index contributed by atoms with van der Waals surface area (Å²) in [6, 6.07) is 11.2. The maximum Gasteiger partial charge on any atom is 0.311 e. The van der Waals surface area contributed by atoms with Gasteiger partial charge in [-0.3, -0.25) is 14.9 Å². The molecular formula is C18H14BrN3O5. The highest BCUT2D eigenvalue weighted by Gasteiger charge is 2.20. The number of hydrogen-bond acceptors (Lipinski definition) is 6. The molecule has 0 fully saturated rings. The minimum atomic E-state index is -0.656. The Labute approximate surface area is 163 Å². The van der Waals surface area contributed by atoms with Crippen molar-refractivity contribution in [2.24, 2.45) is 0 Å². The third-order valence-electron chi connectivity index (χ3n) is 3.48. The van der Waals surface area contributed by atoms with Crippen LogP contribution in [0.1, 0.15) is 5.56 Å². The van der Waals surface area contributed by atoms with Crippen LogP contribution in [0.4, 0.5) is 11.4 Å². The number of carbonyl (C=O) groups excluding carboxylic acids is 1. The molecule has 0 bridgehead atoms. The number of amides is 1. The van der Waals surface area contributed by atoms with Gasteiger partial charge in [-0.25, -0.2) is 0 Å². The van der Waals surface area contributed by atoms with Crippen LogP contribution in [0, 0.1) is 21.4 Å². The zero-order valence-electron chi connectivity index (χ0n) is 14.4. The van der Waals surface area contributed by atoms with Gasteiger partial charge in [0.05, 0.1) is 19.1 Å². The first-order chi connectivity index (χ1) is 12.9. The smallest absolute Gasteiger partial charge is 0.311 e. The van der Waals surface area contributed by atoms with E-state index < -0.39 is 10.8 Å². The summed E-state index contributed by atoms with van der Waals surface area (Å²) in [7, 11) is 2.66. The standard InChI is InChI=1S/C18H14BrN3O5/c1-26-16-9-17(27-2)15(22(24)25)7-11(16)6-12(10-20)18(23)21-14-5-3-4-13(19)8-14/h3-9H,1-2H3,(H,21,23). The Balaban J connectivity index is 2.44. The molecule has 0 saturated heterocycles. The minimum absolute atomic E-state index is 0.00564. The molecule has 0 unspecified atom stereocenters. The third kappa shape index (κ3) is 4.83. The number of nitriles is 1. The monoisotopic (exact) mass is 431 g/mol. The molecule has 0 aliphatic heterocycles. The second-order valence-electron chi connectivity index (χ2n) is 5.16. The van der Waals surface area contributed by atoms with Crippen molar-refractivity contribution in [1.82, 2.24) is 0 Å². The van der Waals surface area contributed by atoms with Gasteiger partial charge in [-0.2, -0.15) is 5.26 Å². The highest BCUT2D eigenvalue weighted by molar-refractivity contribution is 9.10. The first-order valence-corrected chi connectivity index (χ1v) is 8.28. The van der Waals surface area contributed by atoms with E-state index in [4.69, 9.17) is 9.47 Å². The summed E-state index contributed by atoms with van der Waals surface area (Å²) < 4.78 is 10.9. The van der Waals surface area contributed by atoms with Crippen LogP contribution in [0.25, 0.3) is 6.08 Å². The van der Waals surface area contributed by atoms with Crippen molar-refractivity contribution in [2.75, 3.05) is 19.5 Å². The number of hydrogen-bond donors (Lipinski definition) is 1. The second-order valence-corrected chi connectivity index (χ2v) is 6.07. The number of methoxy groups -OCH3 is 2. The minimum Gasteiger partial charge on any atom is -0.496 e. The van der Waals surface area contributed by atoms with Gasteiger partial charge in [0.25, 0.3) is 5.91 Å². The fourth-order valence-corrected chi connectivity index (χ4v) is 2.63. The van der Waals surface area contributed by atoms with Crippen LogP contribution in [-0.4, -0.2) is 25.1 Å². The highest BCUT2D eigenvalue weighted by atomic mass is 79.9. The summed E-state index contributed by atoms with van der Waals surface area (Å²) in [6.07, 6.45) is 1.22. The molecule has 138 valence electrons. The van der Waals surface area contributed by atoms with Gasteiger partial charge >= 0.3 is 5.69 Å². The molecule has 0 heterocycles. The summed E-state index contributed by atoms with van der Waals surface area (Å²) in [6.45, 7) is 0. The molecular weight excluding hydrogens is 418 g/mol. The normalized spacial score (nSPS) is 10.7. The molecule has 2 rings (SSSR count). The average molecular weight is 432 g/mol. The lowest BCUT2D eigenvalue weighted by molar-refractivity contribution is -0.385. The summed E-state index contributed by atoms with van der Waals surface area (Å²) in [4.78, 5) is 23.0. The Morgan fingerprint density at radius 3 is 2.52 bits per heavy atom. The van der Waals surface area contributed by atoms with Crippen molar-refractivity contribution < 1.29 is 19.2 Å². The molecule has 0 aromatic heterocycles. The SMILES string of the molecule is COc1cc(OC)c([N+](=O)[O-])cc1C=C(C#N)C(=O)Nc1cccc(Br)c1. The van der Waals surface area contributed by atoms with Gasteiger partial charge in [-0.1, -0.05) is 22.0 Å². The molecule has 1 N–H and O–H groups in total. The zero-order valence-corrected chi connectivity index (χ0v) is 15.9. The van der Waals surface area contributed by atoms with Crippen LogP contribution in [0.5, 0.6) is 11.5 Å². The molecule has 0 atom stereocenters. The largest absolute Gasteiger partial charge is 0.496 e. The van der Waals surface area contributed by atoms with Crippen molar-refractivity contribution in [3.63, 3.8) is 0 Å². The Bertz CT molecular complexity index is 966. The van der Waals surface area contributed by atoms with E-state index in [0.717, 1.165) is 4.47 Å². The highest BCUT2D eigenvalue weighted by Crippen LogP contribution is 2.35. The van der Waals surface area contributed by atoms with Crippen molar-refractivity contribution in [2.45, 2.75) is 0 Å². The van der Waals surface area contributed by atoms with E-state index in [1.165, 1.54) is 32.4 Å². The Morgan fingerprint density at radius 2 is 1.96 bits per heavy atom. The van der Waals surface area contributed by atoms with E-state index in [9.17, 15) is 20.2 Å². The molecule has 8 nitrogen and oxygen atoms in total. The second kappa shape index (κ2) is 8.82. The lowest BCUT2D eigenvalue weighted by Gasteiger charge is -2.09. The zero-order chi connectivity index (χ0) is 20.0. The Hall–Kier alpha value is -3.38. The molecule has 1 amide bonds. The molecule has 0 radical (unpaired) electrons. The number of halogens is 1. The van der Waals surface area contributed by atoms with Gasteiger partial charge < -0.3 is 14.8 Å². The number of nitro benzene ring substituents is 1. The first-order valence-electron chi connectivity index (χ1n) is 7.48. The van der Waals surface area contributed by atoms with Crippen LogP contribution in [-0.2, 0) is 4.79 Å². The maximum absolute atomic E-state index is 12.4. The lowest BCUT2D eigenvalue weighted by atomic mass is 10.1. The van der Waals surface area contributed by atoms with E-state index in [0.29, 0.717) is 5.69 Å². The fourth-order valence-electron chi connectivity index (χ4n) is 2.23. The number of rotatable bonds is 6. The summed E-state index contributed by atoms with van der Waals surface area (Å²) in [5, 5.41) is 23.1. The van der Waals surface area contributed by atoms with Gasteiger partial charge in [0.1, 0.15) is 17.4 Å². The topological polar surface area (TPSA) is 114 Å². The van der Waals surface area contributed by atoms with E-state index in [1.807, 2.05) is 0 Å². The molecule has 2 aromatic carbocycles. The molecule has 9 heteroatoms. The van der Waals surface area contributed by atoms with Crippen LogP contribution in [0.15, 0.2) is 46.4 Å². The first kappa shape index (κ1) is 19.9. The van der Waals surface area contributed by atoms with E-state index in [2.05, 4.69) is 21.2 Å². The molecule has 2 aromatic rings. The predicted molar refractivity (Wildman–Crippen MR) is 103 cm³/mol. The van der Waals surface area contributed by atoms with E-state index in [-0.39, 0.29) is 28.3 Å². The van der Waals surface area contributed by atoms with Gasteiger partial charge in [-0.05, 0) is 24.3 Å². The number of benzene rings is 2. The summed E-state index contributed by atoms with van der Waals surface area (Å²) >= 11 is 3.29. The number of nitrogens with one attached hydrogen (secondary N) is 1. The van der Waals surface area contributed by atoms with Gasteiger partial charge in [0, 0.05) is 27.9 Å². The summed E-state index contributed by atoms with van der Waals surface area (Å²) in [5.74, 6) is -0.428. The lowest BCUT2D eigenvalue weighted by Crippen LogP contribution is -2.13. The number of ether oxygens (including phenoxy) is 2. The van der Waals surface area contributed by atoms with Crippen LogP contribution in [0.3, 0.4) is 0 Å². The molecule has 27 heavy (non-hydrogen) atoms.